The van der Waals surface area contributed by atoms with E-state index in [1.165, 1.54) is 22.4 Å². The molecule has 0 aliphatic heterocycles. The Balaban J connectivity index is 2.21. The molecule has 0 radical (unpaired) electrons. The van der Waals surface area contributed by atoms with Crippen molar-refractivity contribution >= 4 is 33.2 Å². The zero-order valence-corrected chi connectivity index (χ0v) is 13.5. The fraction of sp³-hybridized carbons (Fsp3) is 0.250. The van der Waals surface area contributed by atoms with Crippen molar-refractivity contribution < 1.29 is 0 Å². The Morgan fingerprint density at radius 3 is 2.42 bits per heavy atom. The Labute approximate surface area is 128 Å². The van der Waals surface area contributed by atoms with Gasteiger partial charge in [0.15, 0.2) is 0 Å². The summed E-state index contributed by atoms with van der Waals surface area (Å²) < 4.78 is 0. The largest absolute Gasteiger partial charge is 0.370 e. The van der Waals surface area contributed by atoms with Crippen molar-refractivity contribution in [3.8, 4) is 0 Å². The molecule has 3 heteroatoms. The van der Waals surface area contributed by atoms with Gasteiger partial charge in [-0.2, -0.15) is 0 Å². The van der Waals surface area contributed by atoms with Gasteiger partial charge in [0.2, 0.25) is 0 Å². The number of hydrogen-bond acceptors (Lipinski definition) is 1. The van der Waals surface area contributed by atoms with Crippen LogP contribution in [0.5, 0.6) is 0 Å². The molecule has 2 aromatic rings. The molecule has 0 aliphatic rings. The average Bonchev–Trinajstić information content (AvgIpc) is 2.41. The second kappa shape index (κ2) is 6.44. The van der Waals surface area contributed by atoms with Gasteiger partial charge in [0.05, 0.1) is 0 Å². The number of nitrogens with zero attached hydrogens (tertiary/aromatic N) is 1. The van der Waals surface area contributed by atoms with Gasteiger partial charge in [0.25, 0.3) is 0 Å². The smallest absolute Gasteiger partial charge is 0.0426 e. The number of aryl methyl sites for hydroxylation is 1. The second-order valence-corrected chi connectivity index (χ2v) is 5.75. The van der Waals surface area contributed by atoms with Gasteiger partial charge in [0.1, 0.15) is 0 Å². The lowest BCUT2D eigenvalue weighted by molar-refractivity contribution is 0.916. The van der Waals surface area contributed by atoms with Crippen molar-refractivity contribution in [2.45, 2.75) is 18.8 Å². The highest BCUT2D eigenvalue weighted by atomic mass is 79.9. The fourth-order valence-electron chi connectivity index (χ4n) is 2.06. The molecule has 0 saturated heterocycles. The van der Waals surface area contributed by atoms with Gasteiger partial charge in [0, 0.05) is 29.6 Å². The van der Waals surface area contributed by atoms with Crippen molar-refractivity contribution in [3.05, 3.63) is 64.2 Å². The Bertz CT molecular complexity index is 551. The van der Waals surface area contributed by atoms with Crippen LogP contribution in [0, 0.1) is 6.92 Å². The van der Waals surface area contributed by atoms with E-state index in [0.717, 1.165) is 16.9 Å². The number of alkyl halides is 1. The molecule has 0 N–H and O–H groups in total. The highest BCUT2D eigenvalue weighted by molar-refractivity contribution is 9.08. The summed E-state index contributed by atoms with van der Waals surface area (Å²) in [6.07, 6.45) is 0. The zero-order valence-electron chi connectivity index (χ0n) is 11.2. The predicted octanol–water partition coefficient (Wildman–Crippen LogP) is 5.18. The molecule has 0 aromatic heterocycles. The monoisotopic (exact) mass is 337 g/mol. The van der Waals surface area contributed by atoms with Crippen molar-refractivity contribution in [3.63, 3.8) is 0 Å². The molecule has 0 heterocycles. The molecule has 100 valence electrons. The summed E-state index contributed by atoms with van der Waals surface area (Å²) in [7, 11) is 2.09. The van der Waals surface area contributed by atoms with Gasteiger partial charge >= 0.3 is 0 Å². The van der Waals surface area contributed by atoms with Crippen LogP contribution in [0.3, 0.4) is 0 Å². The van der Waals surface area contributed by atoms with Crippen LogP contribution in [0.2, 0.25) is 5.02 Å². The van der Waals surface area contributed by atoms with Crippen LogP contribution in [0.4, 0.5) is 5.69 Å². The van der Waals surface area contributed by atoms with Gasteiger partial charge in [-0.1, -0.05) is 63.4 Å². The third-order valence-electron chi connectivity index (χ3n) is 3.14. The number of rotatable bonds is 4. The minimum absolute atomic E-state index is 0.774. The highest BCUT2D eigenvalue weighted by Crippen LogP contribution is 2.27. The lowest BCUT2D eigenvalue weighted by Gasteiger charge is -2.22. The van der Waals surface area contributed by atoms with Crippen molar-refractivity contribution in [2.75, 3.05) is 11.9 Å². The maximum atomic E-state index is 6.10. The fourth-order valence-corrected chi connectivity index (χ4v) is 2.70. The van der Waals surface area contributed by atoms with Crippen LogP contribution < -0.4 is 4.90 Å². The van der Waals surface area contributed by atoms with Crippen LogP contribution >= 0.6 is 27.5 Å². The van der Waals surface area contributed by atoms with Gasteiger partial charge < -0.3 is 4.90 Å². The molecule has 19 heavy (non-hydrogen) atoms. The highest BCUT2D eigenvalue weighted by Gasteiger charge is 2.08. The summed E-state index contributed by atoms with van der Waals surface area (Å²) in [5.74, 6) is 0. The van der Waals surface area contributed by atoms with Gasteiger partial charge in [-0.15, -0.1) is 0 Å². The first-order valence-electron chi connectivity index (χ1n) is 6.21. The maximum absolute atomic E-state index is 6.10. The maximum Gasteiger partial charge on any atom is 0.0426 e. The quantitative estimate of drug-likeness (QED) is 0.694. The molecule has 0 unspecified atom stereocenters. The van der Waals surface area contributed by atoms with Crippen LogP contribution in [-0.2, 0) is 11.9 Å². The number of halogens is 2. The third-order valence-corrected chi connectivity index (χ3v) is 3.98. The van der Waals surface area contributed by atoms with Crippen molar-refractivity contribution in [2.24, 2.45) is 0 Å². The van der Waals surface area contributed by atoms with E-state index in [4.69, 9.17) is 11.6 Å². The van der Waals surface area contributed by atoms with Gasteiger partial charge in [-0.25, -0.2) is 0 Å². The standard InChI is InChI=1S/C16H17BrClN/c1-12-3-5-13(6-4-12)11-19(2)16-9-15(18)8-7-14(16)10-17/h3-9H,10-11H2,1-2H3. The Morgan fingerprint density at radius 2 is 1.79 bits per heavy atom. The average molecular weight is 339 g/mol. The topological polar surface area (TPSA) is 3.24 Å². The summed E-state index contributed by atoms with van der Waals surface area (Å²) in [5, 5.41) is 1.60. The minimum Gasteiger partial charge on any atom is -0.370 e. The Morgan fingerprint density at radius 1 is 1.11 bits per heavy atom. The molecule has 2 rings (SSSR count). The number of hydrogen-bond donors (Lipinski definition) is 0. The molecular formula is C16H17BrClN. The molecule has 2 aromatic carbocycles. The van der Waals surface area contributed by atoms with Crippen molar-refractivity contribution in [1.29, 1.82) is 0 Å². The van der Waals surface area contributed by atoms with Crippen LogP contribution in [-0.4, -0.2) is 7.05 Å². The molecule has 0 bridgehead atoms. The first-order chi connectivity index (χ1) is 9.10. The molecular weight excluding hydrogens is 322 g/mol. The lowest BCUT2D eigenvalue weighted by atomic mass is 10.1. The SMILES string of the molecule is Cc1ccc(CN(C)c2cc(Cl)ccc2CBr)cc1. The van der Waals surface area contributed by atoms with E-state index in [2.05, 4.69) is 65.1 Å². The second-order valence-electron chi connectivity index (χ2n) is 4.75. The molecule has 0 saturated carbocycles. The Kier molecular flexibility index (Phi) is 4.89. The van der Waals surface area contributed by atoms with E-state index in [9.17, 15) is 0 Å². The van der Waals surface area contributed by atoms with E-state index in [1.54, 1.807) is 0 Å². The normalized spacial score (nSPS) is 10.5. The first kappa shape index (κ1) is 14.4. The predicted molar refractivity (Wildman–Crippen MR) is 87.4 cm³/mol. The van der Waals surface area contributed by atoms with Crippen molar-refractivity contribution in [1.82, 2.24) is 0 Å². The number of anilines is 1. The summed E-state index contributed by atoms with van der Waals surface area (Å²) in [6, 6.07) is 14.7. The first-order valence-corrected chi connectivity index (χ1v) is 7.71. The molecule has 1 nitrogen and oxygen atoms in total. The summed E-state index contributed by atoms with van der Waals surface area (Å²) in [4.78, 5) is 2.23. The molecule has 0 spiro atoms. The van der Waals surface area contributed by atoms with Crippen LogP contribution in [0.15, 0.2) is 42.5 Å². The van der Waals surface area contributed by atoms with E-state index >= 15 is 0 Å². The van der Waals surface area contributed by atoms with Gasteiger partial charge in [-0.3, -0.25) is 0 Å². The third kappa shape index (κ3) is 3.74. The molecule has 0 amide bonds. The van der Waals surface area contributed by atoms with E-state index in [-0.39, 0.29) is 0 Å². The zero-order chi connectivity index (χ0) is 13.8. The molecule has 0 atom stereocenters. The van der Waals surface area contributed by atoms with E-state index < -0.39 is 0 Å². The van der Waals surface area contributed by atoms with Crippen LogP contribution in [0.25, 0.3) is 0 Å². The summed E-state index contributed by atoms with van der Waals surface area (Å²) >= 11 is 9.63. The van der Waals surface area contributed by atoms with E-state index in [1.807, 2.05) is 12.1 Å². The summed E-state index contributed by atoms with van der Waals surface area (Å²) in [6.45, 7) is 2.98. The van der Waals surface area contributed by atoms with Crippen LogP contribution in [0.1, 0.15) is 16.7 Å². The van der Waals surface area contributed by atoms with E-state index in [0.29, 0.717) is 0 Å². The Hall–Kier alpha value is -0.990. The summed E-state index contributed by atoms with van der Waals surface area (Å²) in [5.41, 5.74) is 5.01. The lowest BCUT2D eigenvalue weighted by Crippen LogP contribution is -2.17. The number of benzene rings is 2. The molecule has 0 aliphatic carbocycles. The minimum atomic E-state index is 0.774. The van der Waals surface area contributed by atoms with Gasteiger partial charge in [-0.05, 0) is 30.2 Å². The molecule has 0 fully saturated rings.